The summed E-state index contributed by atoms with van der Waals surface area (Å²) in [5, 5.41) is 11.8. The SMILES string of the molecule is CN(C)c1cccc2c(S(=O)(=O)NCC(=O)[O-])cccc12.[Na+]. The first-order chi connectivity index (χ1) is 9.83. The van der Waals surface area contributed by atoms with Gasteiger partial charge in [0.2, 0.25) is 10.0 Å². The molecular weight excluding hydrogens is 315 g/mol. The van der Waals surface area contributed by atoms with E-state index in [1.165, 1.54) is 6.07 Å². The predicted octanol–water partition coefficient (Wildman–Crippen LogP) is -3.06. The van der Waals surface area contributed by atoms with Crippen molar-refractivity contribution in [2.45, 2.75) is 4.90 Å². The summed E-state index contributed by atoms with van der Waals surface area (Å²) in [4.78, 5) is 12.4. The Bertz CT molecular complexity index is 791. The number of aliphatic carboxylic acids is 1. The molecule has 0 saturated heterocycles. The zero-order chi connectivity index (χ0) is 15.6. The predicted molar refractivity (Wildman–Crippen MR) is 78.5 cm³/mol. The number of rotatable bonds is 5. The molecule has 0 atom stereocenters. The van der Waals surface area contributed by atoms with Crippen LogP contribution < -0.4 is 44.3 Å². The van der Waals surface area contributed by atoms with Crippen molar-refractivity contribution in [2.75, 3.05) is 25.5 Å². The van der Waals surface area contributed by atoms with Crippen molar-refractivity contribution in [2.24, 2.45) is 0 Å². The number of benzene rings is 2. The van der Waals surface area contributed by atoms with Crippen LogP contribution in [-0.2, 0) is 14.8 Å². The van der Waals surface area contributed by atoms with Gasteiger partial charge in [0.15, 0.2) is 0 Å². The quantitative estimate of drug-likeness (QED) is 0.588. The molecule has 22 heavy (non-hydrogen) atoms. The number of nitrogens with zero attached hydrogens (tertiary/aromatic N) is 1. The van der Waals surface area contributed by atoms with Gasteiger partial charge in [-0.1, -0.05) is 24.3 Å². The van der Waals surface area contributed by atoms with Gasteiger partial charge in [-0.05, 0) is 12.1 Å². The number of fused-ring (bicyclic) bond motifs is 1. The molecule has 0 aliphatic carbocycles. The Labute approximate surface area is 151 Å². The molecule has 0 amide bonds. The summed E-state index contributed by atoms with van der Waals surface area (Å²) >= 11 is 0. The van der Waals surface area contributed by atoms with Crippen molar-refractivity contribution in [3.05, 3.63) is 36.4 Å². The number of carbonyl (C=O) groups excluding carboxylic acids is 1. The van der Waals surface area contributed by atoms with E-state index in [9.17, 15) is 18.3 Å². The molecule has 1 N–H and O–H groups in total. The van der Waals surface area contributed by atoms with Crippen molar-refractivity contribution in [1.82, 2.24) is 4.72 Å². The van der Waals surface area contributed by atoms with E-state index >= 15 is 0 Å². The van der Waals surface area contributed by atoms with Crippen molar-refractivity contribution in [3.8, 4) is 0 Å². The summed E-state index contributed by atoms with van der Waals surface area (Å²) in [5.41, 5.74) is 0.879. The van der Waals surface area contributed by atoms with Gasteiger partial charge >= 0.3 is 29.6 Å². The standard InChI is InChI=1S/C14H16N2O4S.Na/c1-16(2)12-7-3-6-11-10(12)5-4-8-13(11)21(19,20)15-9-14(17)18;/h3-8,15H,9H2,1-2H3,(H,17,18);/q;+1/p-1. The van der Waals surface area contributed by atoms with E-state index in [0.29, 0.717) is 5.39 Å². The average Bonchev–Trinajstić information content (AvgIpc) is 2.43. The largest absolute Gasteiger partial charge is 1.00 e. The van der Waals surface area contributed by atoms with Gasteiger partial charge in [-0.25, -0.2) is 13.1 Å². The van der Waals surface area contributed by atoms with Crippen molar-refractivity contribution < 1.29 is 47.9 Å². The Kier molecular flexibility index (Phi) is 6.39. The fourth-order valence-corrected chi connectivity index (χ4v) is 3.31. The average molecular weight is 330 g/mol. The number of carboxylic acids is 1. The van der Waals surface area contributed by atoms with Crippen LogP contribution in [0.15, 0.2) is 41.3 Å². The Morgan fingerprint density at radius 3 is 2.32 bits per heavy atom. The number of carbonyl (C=O) groups is 1. The number of hydrogen-bond donors (Lipinski definition) is 1. The second-order valence-corrected chi connectivity index (χ2v) is 6.45. The fraction of sp³-hybridized carbons (Fsp3) is 0.214. The second kappa shape index (κ2) is 7.43. The molecule has 6 nitrogen and oxygen atoms in total. The maximum atomic E-state index is 12.2. The van der Waals surface area contributed by atoms with E-state index in [-0.39, 0.29) is 34.5 Å². The van der Waals surface area contributed by atoms with Gasteiger partial charge in [0.05, 0.1) is 17.4 Å². The molecule has 0 aliphatic heterocycles. The van der Waals surface area contributed by atoms with E-state index in [1.54, 1.807) is 18.2 Å². The minimum absolute atomic E-state index is 0. The Morgan fingerprint density at radius 2 is 1.73 bits per heavy atom. The van der Waals surface area contributed by atoms with E-state index in [1.807, 2.05) is 35.9 Å². The van der Waals surface area contributed by atoms with Gasteiger partial charge in [0, 0.05) is 30.6 Å². The second-order valence-electron chi connectivity index (χ2n) is 4.72. The van der Waals surface area contributed by atoms with Crippen molar-refractivity contribution >= 4 is 32.5 Å². The van der Waals surface area contributed by atoms with Crippen LogP contribution >= 0.6 is 0 Å². The van der Waals surface area contributed by atoms with Crippen LogP contribution in [0.3, 0.4) is 0 Å². The first-order valence-electron chi connectivity index (χ1n) is 6.21. The number of nitrogens with one attached hydrogen (secondary N) is 1. The molecule has 0 heterocycles. The van der Waals surface area contributed by atoms with Gasteiger partial charge < -0.3 is 14.8 Å². The molecule has 8 heteroatoms. The molecule has 2 rings (SSSR count). The minimum Gasteiger partial charge on any atom is -0.549 e. The smallest absolute Gasteiger partial charge is 0.549 e. The van der Waals surface area contributed by atoms with Gasteiger partial charge in [0.25, 0.3) is 0 Å². The number of anilines is 1. The van der Waals surface area contributed by atoms with Crippen molar-refractivity contribution in [1.29, 1.82) is 0 Å². The normalized spacial score (nSPS) is 11.0. The Hall–Kier alpha value is -1.12. The van der Waals surface area contributed by atoms with Crippen LogP contribution in [0.2, 0.25) is 0 Å². The van der Waals surface area contributed by atoms with Gasteiger partial charge in [-0.2, -0.15) is 0 Å². The summed E-state index contributed by atoms with van der Waals surface area (Å²) in [7, 11) is -0.183. The third-order valence-corrected chi connectivity index (χ3v) is 4.50. The molecular formula is C14H15N2NaO4S. The van der Waals surface area contributed by atoms with Gasteiger partial charge in [-0.3, -0.25) is 0 Å². The summed E-state index contributed by atoms with van der Waals surface area (Å²) in [6.45, 7) is -0.758. The molecule has 0 fully saturated rings. The fourth-order valence-electron chi connectivity index (χ4n) is 2.12. The molecule has 2 aromatic carbocycles. The molecule has 112 valence electrons. The van der Waals surface area contributed by atoms with Crippen molar-refractivity contribution in [3.63, 3.8) is 0 Å². The summed E-state index contributed by atoms with van der Waals surface area (Å²) in [6.07, 6.45) is 0. The van der Waals surface area contributed by atoms with Crippen LogP contribution in [0.5, 0.6) is 0 Å². The Balaban J connectivity index is 0.00000242. The van der Waals surface area contributed by atoms with Gasteiger partial charge in [-0.15, -0.1) is 0 Å². The van der Waals surface area contributed by atoms with Crippen LogP contribution in [0.4, 0.5) is 5.69 Å². The summed E-state index contributed by atoms with van der Waals surface area (Å²) in [5.74, 6) is -1.48. The monoisotopic (exact) mass is 330 g/mol. The third-order valence-electron chi connectivity index (χ3n) is 3.04. The number of carboxylic acid groups (broad SMARTS) is 1. The maximum Gasteiger partial charge on any atom is 1.00 e. The van der Waals surface area contributed by atoms with Crippen LogP contribution in [0, 0.1) is 0 Å². The molecule has 0 aliphatic rings. The molecule has 2 aromatic rings. The zero-order valence-electron chi connectivity index (χ0n) is 12.7. The van der Waals surface area contributed by atoms with Crippen LogP contribution in [-0.4, -0.2) is 35.0 Å². The number of sulfonamides is 1. The minimum atomic E-state index is -3.91. The third kappa shape index (κ3) is 3.99. The van der Waals surface area contributed by atoms with E-state index in [0.717, 1.165) is 11.1 Å². The molecule has 0 saturated carbocycles. The Morgan fingerprint density at radius 1 is 1.14 bits per heavy atom. The van der Waals surface area contributed by atoms with E-state index in [2.05, 4.69) is 0 Å². The molecule has 0 spiro atoms. The van der Waals surface area contributed by atoms with E-state index < -0.39 is 22.5 Å². The first kappa shape index (κ1) is 18.9. The molecule has 0 radical (unpaired) electrons. The van der Waals surface area contributed by atoms with Crippen LogP contribution in [0.25, 0.3) is 10.8 Å². The van der Waals surface area contributed by atoms with Crippen LogP contribution in [0.1, 0.15) is 0 Å². The summed E-state index contributed by atoms with van der Waals surface area (Å²) in [6, 6.07) is 10.2. The maximum absolute atomic E-state index is 12.2. The summed E-state index contributed by atoms with van der Waals surface area (Å²) < 4.78 is 26.4. The van der Waals surface area contributed by atoms with Gasteiger partial charge in [0.1, 0.15) is 0 Å². The molecule has 0 bridgehead atoms. The topological polar surface area (TPSA) is 89.5 Å². The number of hydrogen-bond acceptors (Lipinski definition) is 5. The molecule has 0 unspecified atom stereocenters. The zero-order valence-corrected chi connectivity index (χ0v) is 15.5. The van der Waals surface area contributed by atoms with E-state index in [4.69, 9.17) is 0 Å². The first-order valence-corrected chi connectivity index (χ1v) is 7.70. The molecule has 0 aromatic heterocycles.